The summed E-state index contributed by atoms with van der Waals surface area (Å²) in [6, 6.07) is 17.2. The lowest BCUT2D eigenvalue weighted by Crippen LogP contribution is -2.20. The summed E-state index contributed by atoms with van der Waals surface area (Å²) in [6.45, 7) is 2.49. The van der Waals surface area contributed by atoms with Crippen molar-refractivity contribution in [1.29, 1.82) is 0 Å². The van der Waals surface area contributed by atoms with E-state index in [1.807, 2.05) is 61.5 Å². The number of hydrogen-bond acceptors (Lipinski definition) is 3. The molecule has 0 aliphatic heterocycles. The summed E-state index contributed by atoms with van der Waals surface area (Å²) >= 11 is 0. The lowest BCUT2D eigenvalue weighted by molar-refractivity contribution is 0.143. The molecule has 3 nitrogen and oxygen atoms in total. The van der Waals surface area contributed by atoms with Crippen molar-refractivity contribution >= 4 is 0 Å². The number of hydrogen-bond donors (Lipinski definition) is 0. The fourth-order valence-corrected chi connectivity index (χ4v) is 1.65. The molecule has 0 fully saturated rings. The molecule has 19 heavy (non-hydrogen) atoms. The molecule has 0 bridgehead atoms. The van der Waals surface area contributed by atoms with Crippen LogP contribution in [0.1, 0.15) is 6.92 Å². The quantitative estimate of drug-likeness (QED) is 0.793. The first-order valence-electron chi connectivity index (χ1n) is 6.26. The van der Waals surface area contributed by atoms with Crippen molar-refractivity contribution in [3.63, 3.8) is 0 Å². The second-order valence-electron chi connectivity index (χ2n) is 4.23. The van der Waals surface area contributed by atoms with E-state index in [-0.39, 0.29) is 6.10 Å². The van der Waals surface area contributed by atoms with Gasteiger partial charge in [-0.3, -0.25) is 0 Å². The largest absolute Gasteiger partial charge is 0.497 e. The Bertz CT molecular complexity index is 479. The Kier molecular flexibility index (Phi) is 4.67. The zero-order valence-corrected chi connectivity index (χ0v) is 11.2. The Morgan fingerprint density at radius 1 is 0.842 bits per heavy atom. The third kappa shape index (κ3) is 4.21. The van der Waals surface area contributed by atoms with E-state index < -0.39 is 0 Å². The summed E-state index contributed by atoms with van der Waals surface area (Å²) in [5.41, 5.74) is 0. The fourth-order valence-electron chi connectivity index (χ4n) is 1.65. The lowest BCUT2D eigenvalue weighted by atomic mass is 10.3. The highest BCUT2D eigenvalue weighted by Gasteiger charge is 2.05. The number of benzene rings is 2. The number of ether oxygens (including phenoxy) is 3. The van der Waals surface area contributed by atoms with Crippen LogP contribution in [0.4, 0.5) is 0 Å². The third-order valence-corrected chi connectivity index (χ3v) is 2.62. The first-order valence-corrected chi connectivity index (χ1v) is 6.26. The molecule has 0 heterocycles. The van der Waals surface area contributed by atoms with Crippen LogP contribution in [0, 0.1) is 0 Å². The summed E-state index contributed by atoms with van der Waals surface area (Å²) < 4.78 is 16.5. The van der Waals surface area contributed by atoms with E-state index in [2.05, 4.69) is 0 Å². The molecule has 3 heteroatoms. The summed E-state index contributed by atoms with van der Waals surface area (Å²) in [5, 5.41) is 0. The zero-order valence-electron chi connectivity index (χ0n) is 11.2. The van der Waals surface area contributed by atoms with Gasteiger partial charge in [-0.25, -0.2) is 0 Å². The average Bonchev–Trinajstić information content (AvgIpc) is 2.47. The zero-order chi connectivity index (χ0) is 13.5. The predicted octanol–water partition coefficient (Wildman–Crippen LogP) is 3.54. The van der Waals surface area contributed by atoms with Crippen molar-refractivity contribution in [2.75, 3.05) is 13.7 Å². The van der Waals surface area contributed by atoms with Crippen LogP contribution in [0.15, 0.2) is 54.6 Å². The van der Waals surface area contributed by atoms with Crippen molar-refractivity contribution in [3.05, 3.63) is 54.6 Å². The second kappa shape index (κ2) is 6.69. The molecule has 0 aromatic heterocycles. The molecule has 0 radical (unpaired) electrons. The molecule has 0 saturated carbocycles. The Morgan fingerprint density at radius 2 is 1.47 bits per heavy atom. The van der Waals surface area contributed by atoms with Crippen molar-refractivity contribution in [3.8, 4) is 17.2 Å². The number of methoxy groups -OCH3 is 1. The standard InChI is InChI=1S/C16H18O3/c1-13(12-18-15-6-4-3-5-7-15)19-16-10-8-14(17-2)9-11-16/h3-11,13H,12H2,1-2H3. The van der Waals surface area contributed by atoms with Crippen LogP contribution in [-0.2, 0) is 0 Å². The Labute approximate surface area is 113 Å². The van der Waals surface area contributed by atoms with E-state index in [0.29, 0.717) is 6.61 Å². The molecular formula is C16H18O3. The minimum atomic E-state index is -0.0198. The first-order chi connectivity index (χ1) is 9.28. The van der Waals surface area contributed by atoms with E-state index in [1.165, 1.54) is 0 Å². The smallest absolute Gasteiger partial charge is 0.130 e. The predicted molar refractivity (Wildman–Crippen MR) is 75.0 cm³/mol. The molecule has 0 aliphatic rings. The Balaban J connectivity index is 1.82. The van der Waals surface area contributed by atoms with Crippen LogP contribution in [0.2, 0.25) is 0 Å². The Morgan fingerprint density at radius 3 is 2.11 bits per heavy atom. The summed E-state index contributed by atoms with van der Waals surface area (Å²) in [7, 11) is 1.65. The van der Waals surface area contributed by atoms with Gasteiger partial charge >= 0.3 is 0 Å². The van der Waals surface area contributed by atoms with E-state index in [4.69, 9.17) is 14.2 Å². The fraction of sp³-hybridized carbons (Fsp3) is 0.250. The summed E-state index contributed by atoms with van der Waals surface area (Å²) in [4.78, 5) is 0. The van der Waals surface area contributed by atoms with Crippen molar-refractivity contribution < 1.29 is 14.2 Å². The summed E-state index contributed by atoms with van der Waals surface area (Å²) in [6.07, 6.45) is -0.0198. The molecule has 1 unspecified atom stereocenters. The van der Waals surface area contributed by atoms with Crippen molar-refractivity contribution in [1.82, 2.24) is 0 Å². The van der Waals surface area contributed by atoms with Gasteiger partial charge in [0.1, 0.15) is 30.0 Å². The van der Waals surface area contributed by atoms with Gasteiger partial charge in [0, 0.05) is 0 Å². The van der Waals surface area contributed by atoms with E-state index in [9.17, 15) is 0 Å². The van der Waals surface area contributed by atoms with Crippen LogP contribution < -0.4 is 14.2 Å². The van der Waals surface area contributed by atoms with Gasteiger partial charge in [0.15, 0.2) is 0 Å². The van der Waals surface area contributed by atoms with Gasteiger partial charge in [0.25, 0.3) is 0 Å². The molecule has 2 aromatic rings. The molecule has 0 amide bonds. The molecule has 2 rings (SSSR count). The lowest BCUT2D eigenvalue weighted by Gasteiger charge is -2.15. The van der Waals surface area contributed by atoms with Gasteiger partial charge in [0.2, 0.25) is 0 Å². The minimum absolute atomic E-state index is 0.0198. The van der Waals surface area contributed by atoms with Gasteiger partial charge in [-0.2, -0.15) is 0 Å². The molecule has 100 valence electrons. The SMILES string of the molecule is COc1ccc(OC(C)COc2ccccc2)cc1. The van der Waals surface area contributed by atoms with Gasteiger partial charge < -0.3 is 14.2 Å². The van der Waals surface area contributed by atoms with Gasteiger partial charge in [0.05, 0.1) is 7.11 Å². The van der Waals surface area contributed by atoms with E-state index in [0.717, 1.165) is 17.2 Å². The summed E-state index contributed by atoms with van der Waals surface area (Å²) in [5.74, 6) is 2.48. The minimum Gasteiger partial charge on any atom is -0.497 e. The van der Waals surface area contributed by atoms with Crippen LogP contribution in [0.5, 0.6) is 17.2 Å². The van der Waals surface area contributed by atoms with Crippen LogP contribution in [0.3, 0.4) is 0 Å². The maximum absolute atomic E-state index is 5.75. The van der Waals surface area contributed by atoms with Crippen LogP contribution in [0.25, 0.3) is 0 Å². The van der Waals surface area contributed by atoms with Crippen molar-refractivity contribution in [2.24, 2.45) is 0 Å². The van der Waals surface area contributed by atoms with Gasteiger partial charge in [-0.15, -0.1) is 0 Å². The normalized spacial score (nSPS) is 11.7. The highest BCUT2D eigenvalue weighted by molar-refractivity contribution is 5.31. The van der Waals surface area contributed by atoms with Gasteiger partial charge in [-0.05, 0) is 43.3 Å². The Hall–Kier alpha value is -2.16. The molecule has 0 N–H and O–H groups in total. The first kappa shape index (κ1) is 13.3. The second-order valence-corrected chi connectivity index (χ2v) is 4.23. The highest BCUT2D eigenvalue weighted by Crippen LogP contribution is 2.18. The topological polar surface area (TPSA) is 27.7 Å². The highest BCUT2D eigenvalue weighted by atomic mass is 16.5. The average molecular weight is 258 g/mol. The van der Waals surface area contributed by atoms with Gasteiger partial charge in [-0.1, -0.05) is 18.2 Å². The molecule has 0 saturated heterocycles. The number of rotatable bonds is 6. The molecular weight excluding hydrogens is 240 g/mol. The number of para-hydroxylation sites is 1. The molecule has 2 aromatic carbocycles. The maximum Gasteiger partial charge on any atom is 0.130 e. The molecule has 1 atom stereocenters. The van der Waals surface area contributed by atoms with E-state index in [1.54, 1.807) is 7.11 Å². The monoisotopic (exact) mass is 258 g/mol. The van der Waals surface area contributed by atoms with Crippen LogP contribution in [-0.4, -0.2) is 19.8 Å². The van der Waals surface area contributed by atoms with Crippen molar-refractivity contribution in [2.45, 2.75) is 13.0 Å². The molecule has 0 aliphatic carbocycles. The third-order valence-electron chi connectivity index (χ3n) is 2.62. The maximum atomic E-state index is 5.75. The van der Waals surface area contributed by atoms with Crippen LogP contribution >= 0.6 is 0 Å². The molecule has 0 spiro atoms. The van der Waals surface area contributed by atoms with E-state index >= 15 is 0 Å².